The molecule has 0 aromatic carbocycles. The minimum absolute atomic E-state index is 0.489. The van der Waals surface area contributed by atoms with E-state index >= 15 is 0 Å². The molecule has 0 unspecified atom stereocenters. The van der Waals surface area contributed by atoms with E-state index < -0.39 is 0 Å². The highest BCUT2D eigenvalue weighted by Crippen LogP contribution is 2.18. The van der Waals surface area contributed by atoms with Gasteiger partial charge in [-0.3, -0.25) is 9.97 Å². The second-order valence-corrected chi connectivity index (χ2v) is 4.19. The molecule has 0 aliphatic rings. The van der Waals surface area contributed by atoms with Gasteiger partial charge in [0.25, 0.3) is 0 Å². The molecule has 0 bridgehead atoms. The van der Waals surface area contributed by atoms with E-state index in [1.165, 1.54) is 0 Å². The summed E-state index contributed by atoms with van der Waals surface area (Å²) >= 11 is 0. The predicted molar refractivity (Wildman–Crippen MR) is 70.0 cm³/mol. The van der Waals surface area contributed by atoms with Crippen LogP contribution in [-0.2, 0) is 6.54 Å². The van der Waals surface area contributed by atoms with E-state index in [4.69, 9.17) is 5.73 Å². The molecule has 0 amide bonds. The van der Waals surface area contributed by atoms with Gasteiger partial charge in [0.1, 0.15) is 5.52 Å². The number of hydrogen-bond acceptors (Lipinski definition) is 4. The molecular weight excluding hydrogens is 226 g/mol. The molecule has 3 heterocycles. The van der Waals surface area contributed by atoms with Crippen LogP contribution in [0.4, 0.5) is 5.95 Å². The highest BCUT2D eigenvalue weighted by molar-refractivity contribution is 5.77. The zero-order chi connectivity index (χ0) is 12.5. The summed E-state index contributed by atoms with van der Waals surface area (Å²) in [4.78, 5) is 12.7. The van der Waals surface area contributed by atoms with Crippen LogP contribution >= 0.6 is 0 Å². The third-order valence-corrected chi connectivity index (χ3v) is 3.01. The monoisotopic (exact) mass is 239 g/mol. The SMILES string of the molecule is Cc1cccnc1Cn1c(N)nc2cnccc21. The lowest BCUT2D eigenvalue weighted by Gasteiger charge is -2.07. The van der Waals surface area contributed by atoms with Crippen LogP contribution in [0.3, 0.4) is 0 Å². The van der Waals surface area contributed by atoms with E-state index in [1.54, 1.807) is 18.6 Å². The van der Waals surface area contributed by atoms with Crippen molar-refractivity contribution in [1.29, 1.82) is 0 Å². The maximum Gasteiger partial charge on any atom is 0.201 e. The Morgan fingerprint density at radius 3 is 3.00 bits per heavy atom. The lowest BCUT2D eigenvalue weighted by molar-refractivity contribution is 0.801. The van der Waals surface area contributed by atoms with Crippen LogP contribution in [0.5, 0.6) is 0 Å². The maximum atomic E-state index is 5.95. The van der Waals surface area contributed by atoms with Gasteiger partial charge in [-0.15, -0.1) is 0 Å². The average molecular weight is 239 g/mol. The van der Waals surface area contributed by atoms with Gasteiger partial charge in [0.05, 0.1) is 24.0 Å². The second-order valence-electron chi connectivity index (χ2n) is 4.19. The molecule has 3 aromatic heterocycles. The minimum atomic E-state index is 0.489. The number of nitrogen functional groups attached to an aromatic ring is 1. The quantitative estimate of drug-likeness (QED) is 0.739. The molecule has 0 saturated carbocycles. The van der Waals surface area contributed by atoms with E-state index in [-0.39, 0.29) is 0 Å². The molecule has 2 N–H and O–H groups in total. The lowest BCUT2D eigenvalue weighted by Crippen LogP contribution is -2.07. The number of nitrogens with zero attached hydrogens (tertiary/aromatic N) is 4. The molecule has 0 atom stereocenters. The number of hydrogen-bond donors (Lipinski definition) is 1. The van der Waals surface area contributed by atoms with Crippen molar-refractivity contribution >= 4 is 17.0 Å². The summed E-state index contributed by atoms with van der Waals surface area (Å²) in [6.07, 6.45) is 5.25. The first-order valence-corrected chi connectivity index (χ1v) is 5.72. The number of aromatic nitrogens is 4. The standard InChI is InChI=1S/C13H13N5/c1-9-3-2-5-16-11(9)8-18-12-4-6-15-7-10(12)17-13(18)14/h2-7H,8H2,1H3,(H2,14,17). The number of anilines is 1. The fraction of sp³-hybridized carbons (Fsp3) is 0.154. The van der Waals surface area contributed by atoms with Gasteiger partial charge in [-0.25, -0.2) is 4.98 Å². The van der Waals surface area contributed by atoms with Crippen LogP contribution in [0.25, 0.3) is 11.0 Å². The summed E-state index contributed by atoms with van der Waals surface area (Å²) in [5, 5.41) is 0. The van der Waals surface area contributed by atoms with Crippen molar-refractivity contribution < 1.29 is 0 Å². The summed E-state index contributed by atoms with van der Waals surface area (Å²) < 4.78 is 1.95. The first-order chi connectivity index (χ1) is 8.75. The zero-order valence-corrected chi connectivity index (χ0v) is 10.0. The Bertz CT molecular complexity index is 701. The van der Waals surface area contributed by atoms with Gasteiger partial charge in [0, 0.05) is 12.4 Å². The molecule has 18 heavy (non-hydrogen) atoms. The normalized spacial score (nSPS) is 10.9. The molecule has 5 nitrogen and oxygen atoms in total. The molecule has 90 valence electrons. The van der Waals surface area contributed by atoms with Gasteiger partial charge >= 0.3 is 0 Å². The largest absolute Gasteiger partial charge is 0.369 e. The minimum Gasteiger partial charge on any atom is -0.369 e. The summed E-state index contributed by atoms with van der Waals surface area (Å²) in [7, 11) is 0. The van der Waals surface area contributed by atoms with E-state index in [9.17, 15) is 0 Å². The Hall–Kier alpha value is -2.43. The summed E-state index contributed by atoms with van der Waals surface area (Å²) in [6, 6.07) is 5.88. The van der Waals surface area contributed by atoms with Crippen LogP contribution in [0.1, 0.15) is 11.3 Å². The molecule has 3 aromatic rings. The van der Waals surface area contributed by atoms with Crippen molar-refractivity contribution in [2.45, 2.75) is 13.5 Å². The Labute approximate surface area is 104 Å². The second kappa shape index (κ2) is 4.10. The Morgan fingerprint density at radius 1 is 1.28 bits per heavy atom. The van der Waals surface area contributed by atoms with Crippen molar-refractivity contribution in [2.24, 2.45) is 0 Å². The summed E-state index contributed by atoms with van der Waals surface area (Å²) in [5.74, 6) is 0.489. The van der Waals surface area contributed by atoms with E-state index in [0.29, 0.717) is 12.5 Å². The van der Waals surface area contributed by atoms with Crippen molar-refractivity contribution in [3.05, 3.63) is 48.0 Å². The van der Waals surface area contributed by atoms with Crippen LogP contribution in [-0.4, -0.2) is 19.5 Å². The molecule has 0 radical (unpaired) electrons. The highest BCUT2D eigenvalue weighted by atomic mass is 15.2. The number of imidazole rings is 1. The van der Waals surface area contributed by atoms with E-state index in [2.05, 4.69) is 15.0 Å². The third-order valence-electron chi connectivity index (χ3n) is 3.01. The topological polar surface area (TPSA) is 69.6 Å². The maximum absolute atomic E-state index is 5.95. The number of fused-ring (bicyclic) bond motifs is 1. The number of aryl methyl sites for hydroxylation is 1. The van der Waals surface area contributed by atoms with E-state index in [1.807, 2.05) is 29.7 Å². The third kappa shape index (κ3) is 1.69. The lowest BCUT2D eigenvalue weighted by atomic mass is 10.2. The average Bonchev–Trinajstić information content (AvgIpc) is 2.69. The predicted octanol–water partition coefficient (Wildman–Crippen LogP) is 1.77. The number of rotatable bonds is 2. The fourth-order valence-electron chi connectivity index (χ4n) is 2.00. The Morgan fingerprint density at radius 2 is 2.17 bits per heavy atom. The van der Waals surface area contributed by atoms with Crippen LogP contribution in [0, 0.1) is 6.92 Å². The first-order valence-electron chi connectivity index (χ1n) is 5.72. The van der Waals surface area contributed by atoms with Crippen molar-refractivity contribution in [1.82, 2.24) is 19.5 Å². The highest BCUT2D eigenvalue weighted by Gasteiger charge is 2.09. The molecule has 3 rings (SSSR count). The van der Waals surface area contributed by atoms with Crippen molar-refractivity contribution in [2.75, 3.05) is 5.73 Å². The number of pyridine rings is 2. The first kappa shape index (κ1) is 10.7. The molecule has 0 aliphatic carbocycles. The Balaban J connectivity index is 2.10. The molecule has 0 spiro atoms. The van der Waals surface area contributed by atoms with Crippen LogP contribution < -0.4 is 5.73 Å². The van der Waals surface area contributed by atoms with Gasteiger partial charge in [-0.2, -0.15) is 0 Å². The van der Waals surface area contributed by atoms with Gasteiger partial charge in [-0.1, -0.05) is 6.07 Å². The molecule has 5 heteroatoms. The number of nitrogens with two attached hydrogens (primary N) is 1. The summed E-state index contributed by atoms with van der Waals surface area (Å²) in [6.45, 7) is 2.66. The van der Waals surface area contributed by atoms with E-state index in [0.717, 1.165) is 22.3 Å². The van der Waals surface area contributed by atoms with Gasteiger partial charge in [0.2, 0.25) is 5.95 Å². The van der Waals surface area contributed by atoms with Crippen molar-refractivity contribution in [3.8, 4) is 0 Å². The van der Waals surface area contributed by atoms with Crippen molar-refractivity contribution in [3.63, 3.8) is 0 Å². The van der Waals surface area contributed by atoms with Gasteiger partial charge in [-0.05, 0) is 24.6 Å². The summed E-state index contributed by atoms with van der Waals surface area (Å²) in [5.41, 5.74) is 9.88. The molecular formula is C13H13N5. The Kier molecular flexibility index (Phi) is 2.44. The van der Waals surface area contributed by atoms with Gasteiger partial charge < -0.3 is 10.3 Å². The molecule has 0 saturated heterocycles. The van der Waals surface area contributed by atoms with Crippen LogP contribution in [0.2, 0.25) is 0 Å². The fourth-order valence-corrected chi connectivity index (χ4v) is 2.00. The van der Waals surface area contributed by atoms with Crippen LogP contribution in [0.15, 0.2) is 36.8 Å². The molecule has 0 aliphatic heterocycles. The molecule has 0 fully saturated rings. The smallest absolute Gasteiger partial charge is 0.201 e. The van der Waals surface area contributed by atoms with Gasteiger partial charge in [0.15, 0.2) is 0 Å². The zero-order valence-electron chi connectivity index (χ0n) is 10.0.